The lowest BCUT2D eigenvalue weighted by atomic mass is 10.1. The number of aromatic nitrogens is 1. The Bertz CT molecular complexity index is 486. The molecule has 2 rings (SSSR count). The molecule has 86 valence electrons. The fourth-order valence-electron chi connectivity index (χ4n) is 1.71. The molecule has 2 aromatic rings. The van der Waals surface area contributed by atoms with Crippen LogP contribution in [0.2, 0.25) is 0 Å². The van der Waals surface area contributed by atoms with E-state index in [2.05, 4.69) is 18.8 Å². The van der Waals surface area contributed by atoms with Crippen LogP contribution in [0.4, 0.5) is 0 Å². The molecule has 1 unspecified atom stereocenters. The summed E-state index contributed by atoms with van der Waals surface area (Å²) in [6, 6.07) is 5.88. The molecule has 1 atom stereocenters. The van der Waals surface area contributed by atoms with Crippen LogP contribution in [-0.4, -0.2) is 16.2 Å². The maximum absolute atomic E-state index is 9.33. The largest absolute Gasteiger partial charge is 0.440 e. The average molecular weight is 219 g/mol. The zero-order valence-corrected chi connectivity index (χ0v) is 9.90. The van der Waals surface area contributed by atoms with E-state index >= 15 is 0 Å². The van der Waals surface area contributed by atoms with Gasteiger partial charge in [0.2, 0.25) is 0 Å². The van der Waals surface area contributed by atoms with E-state index in [-0.39, 0.29) is 6.10 Å². The zero-order chi connectivity index (χ0) is 11.7. The molecule has 0 amide bonds. The summed E-state index contributed by atoms with van der Waals surface area (Å²) >= 11 is 0. The van der Waals surface area contributed by atoms with Gasteiger partial charge in [-0.15, -0.1) is 0 Å². The molecule has 1 heterocycles. The molecule has 16 heavy (non-hydrogen) atoms. The number of nitrogens with zero attached hydrogens (tertiary/aromatic N) is 1. The lowest BCUT2D eigenvalue weighted by Gasteiger charge is -2.02. The number of aliphatic hydroxyl groups excluding tert-OH is 1. The molecular weight excluding hydrogens is 202 g/mol. The van der Waals surface area contributed by atoms with E-state index in [4.69, 9.17) is 4.42 Å². The van der Waals surface area contributed by atoms with Crippen molar-refractivity contribution >= 4 is 11.1 Å². The Morgan fingerprint density at radius 1 is 1.31 bits per heavy atom. The maximum Gasteiger partial charge on any atom is 0.198 e. The van der Waals surface area contributed by atoms with Crippen molar-refractivity contribution < 1.29 is 9.52 Å². The van der Waals surface area contributed by atoms with Crippen molar-refractivity contribution in [1.29, 1.82) is 0 Å². The van der Waals surface area contributed by atoms with Crippen LogP contribution in [0.25, 0.3) is 11.1 Å². The minimum absolute atomic E-state index is 0.299. The van der Waals surface area contributed by atoms with Gasteiger partial charge >= 0.3 is 0 Å². The first-order valence-electron chi connectivity index (χ1n) is 5.63. The van der Waals surface area contributed by atoms with Gasteiger partial charge in [-0.3, -0.25) is 0 Å². The molecule has 1 aromatic carbocycles. The highest BCUT2D eigenvalue weighted by atomic mass is 16.3. The molecule has 0 aliphatic heterocycles. The van der Waals surface area contributed by atoms with Crippen molar-refractivity contribution in [2.45, 2.75) is 39.2 Å². The van der Waals surface area contributed by atoms with Crippen molar-refractivity contribution in [3.05, 3.63) is 29.7 Å². The minimum atomic E-state index is -0.325. The van der Waals surface area contributed by atoms with Gasteiger partial charge in [-0.1, -0.05) is 19.9 Å². The Morgan fingerprint density at radius 3 is 2.69 bits per heavy atom. The standard InChI is InChI=1S/C13H17NO2/c1-8(2)13-14-11-7-10(6-9(3)15)4-5-12(11)16-13/h4-5,7-9,15H,6H2,1-3H3. The van der Waals surface area contributed by atoms with Gasteiger partial charge in [0.05, 0.1) is 6.10 Å². The Balaban J connectivity index is 2.38. The van der Waals surface area contributed by atoms with Crippen molar-refractivity contribution in [3.8, 4) is 0 Å². The van der Waals surface area contributed by atoms with Gasteiger partial charge in [0.25, 0.3) is 0 Å². The molecule has 3 nitrogen and oxygen atoms in total. The van der Waals surface area contributed by atoms with Crippen LogP contribution in [0.3, 0.4) is 0 Å². The smallest absolute Gasteiger partial charge is 0.198 e. The van der Waals surface area contributed by atoms with Crippen LogP contribution in [-0.2, 0) is 6.42 Å². The number of rotatable bonds is 3. The van der Waals surface area contributed by atoms with Gasteiger partial charge in [-0.25, -0.2) is 4.98 Å². The normalized spacial score (nSPS) is 13.6. The third kappa shape index (κ3) is 2.25. The molecule has 1 N–H and O–H groups in total. The molecule has 0 saturated carbocycles. The molecule has 1 aromatic heterocycles. The Hall–Kier alpha value is -1.35. The van der Waals surface area contributed by atoms with E-state index in [0.29, 0.717) is 12.3 Å². The zero-order valence-electron chi connectivity index (χ0n) is 9.90. The monoisotopic (exact) mass is 219 g/mol. The molecule has 0 bridgehead atoms. The number of oxazole rings is 1. The minimum Gasteiger partial charge on any atom is -0.440 e. The van der Waals surface area contributed by atoms with E-state index < -0.39 is 0 Å². The summed E-state index contributed by atoms with van der Waals surface area (Å²) in [7, 11) is 0. The number of benzene rings is 1. The first-order chi connectivity index (χ1) is 7.56. The summed E-state index contributed by atoms with van der Waals surface area (Å²) in [5.74, 6) is 1.07. The highest BCUT2D eigenvalue weighted by molar-refractivity contribution is 5.73. The first kappa shape index (κ1) is 11.1. The van der Waals surface area contributed by atoms with E-state index in [1.165, 1.54) is 0 Å². The number of hydrogen-bond acceptors (Lipinski definition) is 3. The van der Waals surface area contributed by atoms with E-state index in [1.54, 1.807) is 6.92 Å². The van der Waals surface area contributed by atoms with Crippen molar-refractivity contribution in [1.82, 2.24) is 4.98 Å². The molecule has 0 aliphatic carbocycles. The summed E-state index contributed by atoms with van der Waals surface area (Å²) in [5.41, 5.74) is 2.78. The van der Waals surface area contributed by atoms with Crippen LogP contribution in [0.1, 0.15) is 38.1 Å². The van der Waals surface area contributed by atoms with Crippen molar-refractivity contribution in [2.75, 3.05) is 0 Å². The molecule has 0 aliphatic rings. The van der Waals surface area contributed by atoms with E-state index in [0.717, 1.165) is 22.6 Å². The van der Waals surface area contributed by atoms with E-state index in [1.807, 2.05) is 18.2 Å². The molecule has 0 fully saturated rings. The van der Waals surface area contributed by atoms with Gasteiger partial charge in [-0.05, 0) is 31.0 Å². The molecule has 0 saturated heterocycles. The fourth-order valence-corrected chi connectivity index (χ4v) is 1.71. The van der Waals surface area contributed by atoms with Gasteiger partial charge in [0.15, 0.2) is 11.5 Å². The fraction of sp³-hybridized carbons (Fsp3) is 0.462. The van der Waals surface area contributed by atoms with Crippen molar-refractivity contribution in [2.24, 2.45) is 0 Å². The summed E-state index contributed by atoms with van der Waals surface area (Å²) < 4.78 is 5.62. The predicted molar refractivity (Wildman–Crippen MR) is 63.5 cm³/mol. The van der Waals surface area contributed by atoms with Gasteiger partial charge < -0.3 is 9.52 Å². The molecule has 3 heteroatoms. The SMILES string of the molecule is CC(O)Cc1ccc2oc(C(C)C)nc2c1. The van der Waals surface area contributed by atoms with Crippen LogP contribution in [0, 0.1) is 0 Å². The number of hydrogen-bond donors (Lipinski definition) is 1. The van der Waals surface area contributed by atoms with Gasteiger partial charge in [0, 0.05) is 5.92 Å². The Labute approximate surface area is 95.1 Å². The second-order valence-electron chi connectivity index (χ2n) is 4.56. The van der Waals surface area contributed by atoms with Gasteiger partial charge in [-0.2, -0.15) is 0 Å². The maximum atomic E-state index is 9.33. The first-order valence-corrected chi connectivity index (χ1v) is 5.63. The summed E-state index contributed by atoms with van der Waals surface area (Å²) in [5, 5.41) is 9.33. The average Bonchev–Trinajstić information content (AvgIpc) is 2.59. The third-order valence-electron chi connectivity index (χ3n) is 2.49. The summed E-state index contributed by atoms with van der Waals surface area (Å²) in [4.78, 5) is 4.43. The second kappa shape index (κ2) is 4.26. The number of aliphatic hydroxyl groups is 1. The molecule has 0 radical (unpaired) electrons. The van der Waals surface area contributed by atoms with Crippen LogP contribution in [0.5, 0.6) is 0 Å². The predicted octanol–water partition coefficient (Wildman–Crippen LogP) is 2.87. The quantitative estimate of drug-likeness (QED) is 0.863. The third-order valence-corrected chi connectivity index (χ3v) is 2.49. The van der Waals surface area contributed by atoms with Gasteiger partial charge in [0.1, 0.15) is 5.52 Å². The topological polar surface area (TPSA) is 46.3 Å². The second-order valence-corrected chi connectivity index (χ2v) is 4.56. The Morgan fingerprint density at radius 2 is 2.06 bits per heavy atom. The lowest BCUT2D eigenvalue weighted by molar-refractivity contribution is 0.195. The molecular formula is C13H17NO2. The highest BCUT2D eigenvalue weighted by Crippen LogP contribution is 2.22. The van der Waals surface area contributed by atoms with Crippen LogP contribution < -0.4 is 0 Å². The van der Waals surface area contributed by atoms with Crippen molar-refractivity contribution in [3.63, 3.8) is 0 Å². The molecule has 0 spiro atoms. The van der Waals surface area contributed by atoms with Crippen LogP contribution >= 0.6 is 0 Å². The highest BCUT2D eigenvalue weighted by Gasteiger charge is 2.10. The number of fused-ring (bicyclic) bond motifs is 1. The Kier molecular flexibility index (Phi) is 2.97. The summed E-state index contributed by atoms with van der Waals surface area (Å²) in [6.07, 6.45) is 0.328. The van der Waals surface area contributed by atoms with E-state index in [9.17, 15) is 5.11 Å². The summed E-state index contributed by atoms with van der Waals surface area (Å²) in [6.45, 7) is 5.90. The van der Waals surface area contributed by atoms with Crippen LogP contribution in [0.15, 0.2) is 22.6 Å². The lowest BCUT2D eigenvalue weighted by Crippen LogP contribution is -2.03.